The largest absolute Gasteiger partial charge is 0.481 e. The van der Waals surface area contributed by atoms with Gasteiger partial charge in [0.15, 0.2) is 9.84 Å². The maximum absolute atomic E-state index is 11.1. The molecule has 0 unspecified atom stereocenters. The van der Waals surface area contributed by atoms with Crippen LogP contribution in [0.5, 0.6) is 0 Å². The smallest absolute Gasteiger partial charge is 0.310 e. The molecule has 0 spiro atoms. The lowest BCUT2D eigenvalue weighted by Gasteiger charge is -2.04. The van der Waals surface area contributed by atoms with E-state index in [1.165, 1.54) is 0 Å². The summed E-state index contributed by atoms with van der Waals surface area (Å²) in [6.07, 6.45) is 1.60. The average Bonchev–Trinajstić information content (AvgIpc) is 2.29. The maximum Gasteiger partial charge on any atom is 0.310 e. The van der Waals surface area contributed by atoms with Crippen LogP contribution >= 0.6 is 0 Å². The molecule has 0 aromatic carbocycles. The lowest BCUT2D eigenvalue weighted by Crippen LogP contribution is -2.18. The first-order valence-corrected chi connectivity index (χ1v) is 5.87. The lowest BCUT2D eigenvalue weighted by atomic mass is 10.1. The first-order valence-electron chi connectivity index (χ1n) is 3.91. The summed E-state index contributed by atoms with van der Waals surface area (Å²) >= 11 is 0. The normalized spacial score (nSPS) is 29.2. The van der Waals surface area contributed by atoms with Gasteiger partial charge in [0.05, 0.1) is 11.2 Å². The molecule has 0 aliphatic heterocycles. The van der Waals surface area contributed by atoms with Crippen LogP contribution in [-0.4, -0.2) is 31.0 Å². The van der Waals surface area contributed by atoms with Crippen LogP contribution in [0.2, 0.25) is 0 Å². The van der Waals surface area contributed by atoms with Crippen LogP contribution in [-0.2, 0) is 14.6 Å². The van der Waals surface area contributed by atoms with Gasteiger partial charge in [-0.15, -0.1) is 0 Å². The number of carboxylic acids is 1. The van der Waals surface area contributed by atoms with Gasteiger partial charge in [-0.3, -0.25) is 4.79 Å². The molecule has 0 heterocycles. The molecule has 13 heavy (non-hydrogen) atoms. The van der Waals surface area contributed by atoms with Crippen LogP contribution in [0, 0.1) is 5.92 Å². The van der Waals surface area contributed by atoms with E-state index in [-0.39, 0.29) is 12.8 Å². The highest BCUT2D eigenvalue weighted by atomic mass is 32.2. The summed E-state index contributed by atoms with van der Waals surface area (Å²) in [6, 6.07) is 0. The predicted octanol–water partition coefficient (Wildman–Crippen LogP) is 0.450. The molecular weight excluding hydrogens is 192 g/mol. The van der Waals surface area contributed by atoms with Gasteiger partial charge >= 0.3 is 5.97 Å². The van der Waals surface area contributed by atoms with Crippen molar-refractivity contribution in [2.75, 3.05) is 6.26 Å². The highest BCUT2D eigenvalue weighted by molar-refractivity contribution is 7.91. The summed E-state index contributed by atoms with van der Waals surface area (Å²) in [5, 5.41) is 8.16. The Morgan fingerprint density at radius 1 is 1.62 bits per heavy atom. The van der Waals surface area contributed by atoms with E-state index in [2.05, 4.69) is 6.58 Å². The fourth-order valence-electron chi connectivity index (χ4n) is 1.55. The molecule has 0 saturated heterocycles. The lowest BCUT2D eigenvalue weighted by molar-refractivity contribution is -0.140. The molecule has 1 rings (SSSR count). The minimum absolute atomic E-state index is 0.174. The van der Waals surface area contributed by atoms with Crippen molar-refractivity contribution >= 4 is 15.8 Å². The number of hydrogen-bond donors (Lipinski definition) is 1. The summed E-state index contributed by atoms with van der Waals surface area (Å²) in [7, 11) is -3.13. The molecule has 1 aliphatic carbocycles. The van der Waals surface area contributed by atoms with Crippen molar-refractivity contribution in [3.8, 4) is 0 Å². The van der Waals surface area contributed by atoms with E-state index in [0.717, 1.165) is 6.26 Å². The van der Waals surface area contributed by atoms with Crippen molar-refractivity contribution in [2.24, 2.45) is 5.92 Å². The standard InChI is InChI=1S/C8H12O4S/c1-5-3-6(13(2,11)12)4-7(5)8(9)10/h6-7H,1,3-4H2,2H3,(H,9,10)/t6-,7+/m1/s1. The Bertz CT molecular complexity index is 341. The topological polar surface area (TPSA) is 71.4 Å². The second-order valence-corrected chi connectivity index (χ2v) is 5.77. The molecule has 1 fully saturated rings. The van der Waals surface area contributed by atoms with E-state index in [1.54, 1.807) is 0 Å². The zero-order chi connectivity index (χ0) is 10.2. The number of hydrogen-bond acceptors (Lipinski definition) is 3. The van der Waals surface area contributed by atoms with Gasteiger partial charge in [0.25, 0.3) is 0 Å². The molecule has 0 aromatic rings. The highest BCUT2D eigenvalue weighted by Gasteiger charge is 2.37. The first kappa shape index (κ1) is 10.2. The van der Waals surface area contributed by atoms with Crippen LogP contribution in [0.15, 0.2) is 12.2 Å². The van der Waals surface area contributed by atoms with E-state index in [1.807, 2.05) is 0 Å². The SMILES string of the molecule is C=C1C[C@@H](S(C)(=O)=O)C[C@@H]1C(=O)O. The molecule has 0 amide bonds. The summed E-state index contributed by atoms with van der Waals surface area (Å²) in [5.74, 6) is -1.66. The van der Waals surface area contributed by atoms with E-state index >= 15 is 0 Å². The van der Waals surface area contributed by atoms with Gasteiger partial charge in [-0.1, -0.05) is 12.2 Å². The number of aliphatic carboxylic acids is 1. The van der Waals surface area contributed by atoms with Crippen molar-refractivity contribution in [3.05, 3.63) is 12.2 Å². The van der Waals surface area contributed by atoms with Gasteiger partial charge < -0.3 is 5.11 Å². The Balaban J connectivity index is 2.83. The summed E-state index contributed by atoms with van der Waals surface area (Å²) in [4.78, 5) is 10.6. The third-order valence-corrected chi connectivity index (χ3v) is 3.95. The summed E-state index contributed by atoms with van der Waals surface area (Å²) in [6.45, 7) is 3.58. The molecule has 1 N–H and O–H groups in total. The Hall–Kier alpha value is -0.840. The Kier molecular flexibility index (Phi) is 2.47. The van der Waals surface area contributed by atoms with Gasteiger partial charge in [0, 0.05) is 6.26 Å². The minimum atomic E-state index is -3.13. The van der Waals surface area contributed by atoms with Crippen LogP contribution in [0.4, 0.5) is 0 Å². The Labute approximate surface area is 77.2 Å². The number of carboxylic acid groups (broad SMARTS) is 1. The fourth-order valence-corrected chi connectivity index (χ4v) is 2.61. The van der Waals surface area contributed by atoms with E-state index in [4.69, 9.17) is 5.11 Å². The second kappa shape index (κ2) is 3.14. The minimum Gasteiger partial charge on any atom is -0.481 e. The van der Waals surface area contributed by atoms with Crippen molar-refractivity contribution in [1.82, 2.24) is 0 Å². The third kappa shape index (κ3) is 2.09. The van der Waals surface area contributed by atoms with Gasteiger partial charge in [0.1, 0.15) is 0 Å². The first-order chi connectivity index (χ1) is 5.82. The molecule has 0 radical (unpaired) electrons. The number of rotatable bonds is 2. The van der Waals surface area contributed by atoms with Crippen molar-refractivity contribution in [1.29, 1.82) is 0 Å². The zero-order valence-corrected chi connectivity index (χ0v) is 8.17. The predicted molar refractivity (Wildman–Crippen MR) is 48.1 cm³/mol. The second-order valence-electron chi connectivity index (χ2n) is 3.44. The molecule has 5 heteroatoms. The van der Waals surface area contributed by atoms with Crippen LogP contribution in [0.3, 0.4) is 0 Å². The Morgan fingerprint density at radius 2 is 2.15 bits per heavy atom. The summed E-state index contributed by atoms with van der Waals surface area (Å²) < 4.78 is 22.2. The van der Waals surface area contributed by atoms with Crippen molar-refractivity contribution in [3.63, 3.8) is 0 Å². The molecule has 4 nitrogen and oxygen atoms in total. The van der Waals surface area contributed by atoms with E-state index in [0.29, 0.717) is 5.57 Å². The molecule has 2 atom stereocenters. The maximum atomic E-state index is 11.1. The fraction of sp³-hybridized carbons (Fsp3) is 0.625. The van der Waals surface area contributed by atoms with Gasteiger partial charge in [0.2, 0.25) is 0 Å². The molecule has 1 aliphatic rings. The van der Waals surface area contributed by atoms with E-state index in [9.17, 15) is 13.2 Å². The highest BCUT2D eigenvalue weighted by Crippen LogP contribution is 2.33. The van der Waals surface area contributed by atoms with Crippen LogP contribution < -0.4 is 0 Å². The summed E-state index contributed by atoms with van der Waals surface area (Å²) in [5.41, 5.74) is 0.517. The van der Waals surface area contributed by atoms with Gasteiger partial charge in [-0.25, -0.2) is 8.42 Å². The van der Waals surface area contributed by atoms with Crippen LogP contribution in [0.25, 0.3) is 0 Å². The van der Waals surface area contributed by atoms with Crippen molar-refractivity contribution < 1.29 is 18.3 Å². The van der Waals surface area contributed by atoms with Gasteiger partial charge in [-0.2, -0.15) is 0 Å². The quantitative estimate of drug-likeness (QED) is 0.663. The number of sulfone groups is 1. The van der Waals surface area contributed by atoms with Gasteiger partial charge in [-0.05, 0) is 12.8 Å². The molecule has 0 bridgehead atoms. The van der Waals surface area contributed by atoms with E-state index < -0.39 is 27.0 Å². The molecule has 0 aromatic heterocycles. The number of carbonyl (C=O) groups is 1. The van der Waals surface area contributed by atoms with Crippen LogP contribution in [0.1, 0.15) is 12.8 Å². The molecule has 74 valence electrons. The monoisotopic (exact) mass is 204 g/mol. The third-order valence-electron chi connectivity index (χ3n) is 2.38. The van der Waals surface area contributed by atoms with Crippen molar-refractivity contribution in [2.45, 2.75) is 18.1 Å². The average molecular weight is 204 g/mol. The zero-order valence-electron chi connectivity index (χ0n) is 7.36. The molecular formula is C8H12O4S. The Morgan fingerprint density at radius 3 is 2.38 bits per heavy atom. The molecule has 1 saturated carbocycles.